The minimum absolute atomic E-state index is 0.0473. The molecule has 1 saturated heterocycles. The van der Waals surface area contributed by atoms with Gasteiger partial charge in [0.05, 0.1) is 24.8 Å². The summed E-state index contributed by atoms with van der Waals surface area (Å²) >= 11 is 0. The topological polar surface area (TPSA) is 85.3 Å². The van der Waals surface area contributed by atoms with E-state index in [2.05, 4.69) is 6.92 Å². The molecule has 0 spiro atoms. The number of nitrogens with zero attached hydrogens (tertiary/aromatic N) is 1. The lowest BCUT2D eigenvalue weighted by molar-refractivity contribution is -0.140. The summed E-state index contributed by atoms with van der Waals surface area (Å²) in [5.74, 6) is -0.272. The summed E-state index contributed by atoms with van der Waals surface area (Å²) in [4.78, 5) is 27.7. The average Bonchev–Trinajstić information content (AvgIpc) is 3.23. The van der Waals surface area contributed by atoms with Crippen molar-refractivity contribution in [2.45, 2.75) is 45.8 Å². The molecule has 1 aliphatic rings. The highest BCUT2D eigenvalue weighted by Crippen LogP contribution is 2.40. The van der Waals surface area contributed by atoms with Crippen LogP contribution in [0.5, 0.6) is 11.5 Å². The van der Waals surface area contributed by atoms with E-state index in [9.17, 15) is 14.7 Å². The molecule has 40 heavy (non-hydrogen) atoms. The summed E-state index contributed by atoms with van der Waals surface area (Å²) in [5, 5.41) is 11.3. The van der Waals surface area contributed by atoms with Crippen molar-refractivity contribution in [2.75, 3.05) is 26.9 Å². The van der Waals surface area contributed by atoms with Crippen LogP contribution in [0.4, 0.5) is 0 Å². The molecule has 1 N–H and O–H groups in total. The van der Waals surface area contributed by atoms with Gasteiger partial charge in [0, 0.05) is 19.2 Å². The SMILES string of the molecule is CCCCCOc1ccc([C@@H]2C(=C(O)c3ccc(OCc4ccc(C)cc4)cc3)C(=O)C(=O)N2CCOC)cc1. The van der Waals surface area contributed by atoms with Crippen LogP contribution in [0.25, 0.3) is 5.76 Å². The van der Waals surface area contributed by atoms with Crippen LogP contribution in [0.1, 0.15) is 54.5 Å². The molecule has 1 heterocycles. The molecule has 3 aromatic carbocycles. The molecule has 0 saturated carbocycles. The second kappa shape index (κ2) is 13.8. The second-order valence-electron chi connectivity index (χ2n) is 9.91. The van der Waals surface area contributed by atoms with Crippen molar-refractivity contribution in [3.05, 3.63) is 101 Å². The third-order valence-corrected chi connectivity index (χ3v) is 6.94. The molecule has 0 aromatic heterocycles. The zero-order valence-electron chi connectivity index (χ0n) is 23.4. The van der Waals surface area contributed by atoms with Gasteiger partial charge in [0.15, 0.2) is 0 Å². The smallest absolute Gasteiger partial charge is 0.295 e. The third-order valence-electron chi connectivity index (χ3n) is 6.94. The average molecular weight is 544 g/mol. The Morgan fingerprint density at radius 2 is 1.50 bits per heavy atom. The number of unbranched alkanes of at least 4 members (excludes halogenated alkanes) is 2. The summed E-state index contributed by atoms with van der Waals surface area (Å²) in [6, 6.07) is 21.5. The van der Waals surface area contributed by atoms with Crippen molar-refractivity contribution in [3.8, 4) is 11.5 Å². The molecule has 4 rings (SSSR count). The highest BCUT2D eigenvalue weighted by atomic mass is 16.5. The Balaban J connectivity index is 1.58. The number of Topliss-reactive ketones (excluding diaryl/α,β-unsaturated/α-hetero) is 1. The van der Waals surface area contributed by atoms with Gasteiger partial charge in [-0.15, -0.1) is 0 Å². The van der Waals surface area contributed by atoms with Crippen LogP contribution in [0.3, 0.4) is 0 Å². The number of rotatable bonds is 13. The summed E-state index contributed by atoms with van der Waals surface area (Å²) < 4.78 is 16.9. The summed E-state index contributed by atoms with van der Waals surface area (Å²) in [6.45, 7) is 5.69. The zero-order valence-corrected chi connectivity index (χ0v) is 23.4. The van der Waals surface area contributed by atoms with E-state index in [1.54, 1.807) is 31.4 Å². The Kier molecular flexibility index (Phi) is 9.97. The number of carbonyl (C=O) groups is 2. The van der Waals surface area contributed by atoms with E-state index in [1.807, 2.05) is 55.5 Å². The quantitative estimate of drug-likeness (QED) is 0.119. The van der Waals surface area contributed by atoms with Crippen molar-refractivity contribution in [1.82, 2.24) is 4.90 Å². The van der Waals surface area contributed by atoms with Gasteiger partial charge >= 0.3 is 0 Å². The van der Waals surface area contributed by atoms with Crippen LogP contribution in [0.15, 0.2) is 78.4 Å². The fourth-order valence-corrected chi connectivity index (χ4v) is 4.65. The number of aliphatic hydroxyl groups is 1. The van der Waals surface area contributed by atoms with Gasteiger partial charge in [0.1, 0.15) is 23.9 Å². The number of aryl methyl sites for hydroxylation is 1. The predicted octanol–water partition coefficient (Wildman–Crippen LogP) is 6.21. The standard InChI is InChI=1S/C33H37NO6/c1-4-5-6-20-39-27-15-11-25(12-16-27)30-29(32(36)33(37)34(30)19-21-38-3)31(35)26-13-17-28(18-14-26)40-22-24-9-7-23(2)8-10-24/h7-18,30,35H,4-6,19-22H2,1-3H3/t30-/m1/s1. The van der Waals surface area contributed by atoms with Crippen molar-refractivity contribution >= 4 is 17.4 Å². The van der Waals surface area contributed by atoms with E-state index in [0.717, 1.165) is 30.6 Å². The van der Waals surface area contributed by atoms with E-state index in [-0.39, 0.29) is 24.5 Å². The highest BCUT2D eigenvalue weighted by molar-refractivity contribution is 6.46. The van der Waals surface area contributed by atoms with Crippen LogP contribution < -0.4 is 9.47 Å². The van der Waals surface area contributed by atoms with Gasteiger partial charge in [-0.3, -0.25) is 9.59 Å². The number of ether oxygens (including phenoxy) is 3. The number of hydrogen-bond acceptors (Lipinski definition) is 6. The van der Waals surface area contributed by atoms with Gasteiger partial charge in [-0.05, 0) is 60.9 Å². The first-order valence-electron chi connectivity index (χ1n) is 13.7. The fourth-order valence-electron chi connectivity index (χ4n) is 4.65. The first kappa shape index (κ1) is 28.9. The number of hydrogen-bond donors (Lipinski definition) is 1. The van der Waals surface area contributed by atoms with Crippen molar-refractivity contribution in [1.29, 1.82) is 0 Å². The molecule has 1 amide bonds. The fraction of sp³-hybridized carbons (Fsp3) is 0.333. The number of methoxy groups -OCH3 is 1. The maximum atomic E-state index is 13.2. The van der Waals surface area contributed by atoms with Gasteiger partial charge in [-0.25, -0.2) is 0 Å². The largest absolute Gasteiger partial charge is 0.507 e. The lowest BCUT2D eigenvalue weighted by Crippen LogP contribution is -2.32. The van der Waals surface area contributed by atoms with E-state index in [1.165, 1.54) is 10.5 Å². The third kappa shape index (κ3) is 6.90. The zero-order chi connectivity index (χ0) is 28.5. The minimum atomic E-state index is -0.748. The Morgan fingerprint density at radius 3 is 2.15 bits per heavy atom. The van der Waals surface area contributed by atoms with Crippen molar-refractivity contribution in [3.63, 3.8) is 0 Å². The first-order chi connectivity index (χ1) is 19.4. The van der Waals surface area contributed by atoms with Gasteiger partial charge in [0.25, 0.3) is 11.7 Å². The molecule has 1 fully saturated rings. The molecule has 0 bridgehead atoms. The first-order valence-corrected chi connectivity index (χ1v) is 13.7. The Bertz CT molecular complexity index is 1310. The van der Waals surface area contributed by atoms with Crippen LogP contribution in [-0.2, 0) is 20.9 Å². The normalized spacial score (nSPS) is 16.4. The predicted molar refractivity (Wildman–Crippen MR) is 154 cm³/mol. The number of ketones is 1. The molecule has 7 heteroatoms. The number of amides is 1. The maximum Gasteiger partial charge on any atom is 0.295 e. The molecular weight excluding hydrogens is 506 g/mol. The van der Waals surface area contributed by atoms with Gasteiger partial charge in [-0.2, -0.15) is 0 Å². The molecule has 0 aliphatic carbocycles. The Hall–Kier alpha value is -4.10. The van der Waals surface area contributed by atoms with E-state index in [0.29, 0.717) is 30.1 Å². The lowest BCUT2D eigenvalue weighted by Gasteiger charge is -2.25. The monoisotopic (exact) mass is 543 g/mol. The Morgan fingerprint density at radius 1 is 0.850 bits per heavy atom. The Labute approximate surface area is 236 Å². The van der Waals surface area contributed by atoms with E-state index >= 15 is 0 Å². The molecule has 0 radical (unpaired) electrons. The van der Waals surface area contributed by atoms with E-state index < -0.39 is 17.7 Å². The molecule has 210 valence electrons. The molecule has 1 atom stereocenters. The van der Waals surface area contributed by atoms with Gasteiger partial charge in [-0.1, -0.05) is 61.7 Å². The summed E-state index contributed by atoms with van der Waals surface area (Å²) in [5.41, 5.74) is 3.41. The summed E-state index contributed by atoms with van der Waals surface area (Å²) in [7, 11) is 1.54. The van der Waals surface area contributed by atoms with Gasteiger partial charge in [0.2, 0.25) is 0 Å². The minimum Gasteiger partial charge on any atom is -0.507 e. The maximum absolute atomic E-state index is 13.2. The molecule has 7 nitrogen and oxygen atoms in total. The van der Waals surface area contributed by atoms with E-state index in [4.69, 9.17) is 14.2 Å². The molecule has 3 aromatic rings. The molecule has 0 unspecified atom stereocenters. The lowest BCUT2D eigenvalue weighted by atomic mass is 9.95. The number of likely N-dealkylation sites (tertiary alicyclic amines) is 1. The van der Waals surface area contributed by atoms with Gasteiger partial charge < -0.3 is 24.2 Å². The number of carbonyl (C=O) groups excluding carboxylic acids is 2. The van der Waals surface area contributed by atoms with Crippen LogP contribution in [0.2, 0.25) is 0 Å². The molecular formula is C33H37NO6. The second-order valence-corrected chi connectivity index (χ2v) is 9.91. The molecule has 1 aliphatic heterocycles. The van der Waals surface area contributed by atoms with Crippen molar-refractivity contribution in [2.24, 2.45) is 0 Å². The number of aliphatic hydroxyl groups excluding tert-OH is 1. The highest BCUT2D eigenvalue weighted by Gasteiger charge is 2.45. The van der Waals surface area contributed by atoms with Crippen molar-refractivity contribution < 1.29 is 28.9 Å². The van der Waals surface area contributed by atoms with Crippen LogP contribution in [-0.4, -0.2) is 48.6 Å². The number of benzene rings is 3. The summed E-state index contributed by atoms with van der Waals surface area (Å²) in [6.07, 6.45) is 3.20. The van der Waals surface area contributed by atoms with Crippen LogP contribution >= 0.6 is 0 Å². The van der Waals surface area contributed by atoms with Crippen LogP contribution in [0, 0.1) is 6.92 Å².